The molecule has 0 radical (unpaired) electrons. The molecule has 0 saturated heterocycles. The summed E-state index contributed by atoms with van der Waals surface area (Å²) < 4.78 is 16.2. The van der Waals surface area contributed by atoms with Gasteiger partial charge in [0.15, 0.2) is 5.76 Å². The smallest absolute Gasteiger partial charge is 0.228 e. The molecule has 3 N–H and O–H groups in total. The highest BCUT2D eigenvalue weighted by Gasteiger charge is 2.36. The van der Waals surface area contributed by atoms with Crippen LogP contribution in [0.4, 0.5) is 0 Å². The number of benzene rings is 1. The molecule has 2 heterocycles. The molecule has 0 saturated carbocycles. The molecule has 3 rings (SSSR count). The lowest BCUT2D eigenvalue weighted by molar-refractivity contribution is 0.231. The van der Waals surface area contributed by atoms with Crippen LogP contribution in [0.5, 0.6) is 11.5 Å². The maximum atomic E-state index is 12.2. The Hall–Kier alpha value is -3.24. The van der Waals surface area contributed by atoms with Crippen molar-refractivity contribution in [2.24, 2.45) is 5.73 Å². The zero-order valence-electron chi connectivity index (χ0n) is 12.8. The van der Waals surface area contributed by atoms with Gasteiger partial charge in [-0.1, -0.05) is 18.2 Å². The van der Waals surface area contributed by atoms with Crippen molar-refractivity contribution in [3.8, 4) is 17.6 Å². The van der Waals surface area contributed by atoms with Crippen LogP contribution in [-0.2, 0) is 6.61 Å². The van der Waals surface area contributed by atoms with Gasteiger partial charge in [0.2, 0.25) is 17.1 Å². The maximum absolute atomic E-state index is 12.2. The molecule has 0 amide bonds. The summed E-state index contributed by atoms with van der Waals surface area (Å²) in [5.74, 6) is -0.339. The number of methoxy groups -OCH3 is 1. The van der Waals surface area contributed by atoms with Crippen molar-refractivity contribution in [3.05, 3.63) is 69.1 Å². The van der Waals surface area contributed by atoms with E-state index in [4.69, 9.17) is 19.6 Å². The standard InChI is InChI=1S/C17H14N2O5/c1-22-13-5-3-2-4-10(13)14-11(7-18)17(19)24-15-12(21)6-9(8-20)23-16(14)15/h2-6,14,20H,8,19H2,1H3/t14-/m0/s1. The molecule has 0 fully saturated rings. The first-order chi connectivity index (χ1) is 11.6. The molecule has 2 aromatic rings. The summed E-state index contributed by atoms with van der Waals surface area (Å²) in [4.78, 5) is 12.2. The van der Waals surface area contributed by atoms with Crippen molar-refractivity contribution in [3.63, 3.8) is 0 Å². The first-order valence-corrected chi connectivity index (χ1v) is 7.09. The second-order valence-corrected chi connectivity index (χ2v) is 5.10. The van der Waals surface area contributed by atoms with E-state index in [1.54, 1.807) is 24.3 Å². The summed E-state index contributed by atoms with van der Waals surface area (Å²) in [6, 6.07) is 10.1. The van der Waals surface area contributed by atoms with E-state index in [9.17, 15) is 15.2 Å². The van der Waals surface area contributed by atoms with E-state index < -0.39 is 18.0 Å². The van der Waals surface area contributed by atoms with Crippen LogP contribution >= 0.6 is 0 Å². The third kappa shape index (κ3) is 2.39. The summed E-state index contributed by atoms with van der Waals surface area (Å²) in [7, 11) is 1.50. The number of aliphatic hydroxyl groups excluding tert-OH is 1. The highest BCUT2D eigenvalue weighted by molar-refractivity contribution is 5.55. The van der Waals surface area contributed by atoms with Crippen molar-refractivity contribution >= 4 is 0 Å². The van der Waals surface area contributed by atoms with Gasteiger partial charge in [0.05, 0.1) is 13.0 Å². The minimum atomic E-state index is -0.769. The summed E-state index contributed by atoms with van der Waals surface area (Å²) in [5, 5.41) is 18.8. The molecule has 0 unspecified atom stereocenters. The average molecular weight is 326 g/mol. The van der Waals surface area contributed by atoms with Gasteiger partial charge in [-0.3, -0.25) is 4.79 Å². The summed E-state index contributed by atoms with van der Waals surface area (Å²) in [6.07, 6.45) is 0. The van der Waals surface area contributed by atoms with Gasteiger partial charge in [0.1, 0.15) is 29.8 Å². The fourth-order valence-electron chi connectivity index (χ4n) is 2.68. The van der Waals surface area contributed by atoms with Crippen LogP contribution in [0.1, 0.15) is 23.0 Å². The molecular formula is C17H14N2O5. The van der Waals surface area contributed by atoms with Crippen LogP contribution in [0.25, 0.3) is 0 Å². The molecule has 0 aliphatic carbocycles. The SMILES string of the molecule is COc1ccccc1[C@H]1C(C#N)=C(N)Oc2c1oc(CO)cc2=O. The second kappa shape index (κ2) is 6.10. The zero-order chi connectivity index (χ0) is 17.3. The van der Waals surface area contributed by atoms with Gasteiger partial charge in [-0.2, -0.15) is 5.26 Å². The Morgan fingerprint density at radius 2 is 2.17 bits per heavy atom. The lowest BCUT2D eigenvalue weighted by atomic mass is 9.87. The van der Waals surface area contributed by atoms with Gasteiger partial charge in [0.25, 0.3) is 0 Å². The lowest BCUT2D eigenvalue weighted by Gasteiger charge is -2.25. The number of rotatable bonds is 3. The van der Waals surface area contributed by atoms with Crippen LogP contribution in [0.3, 0.4) is 0 Å². The zero-order valence-corrected chi connectivity index (χ0v) is 12.8. The quantitative estimate of drug-likeness (QED) is 0.874. The molecule has 0 bridgehead atoms. The first-order valence-electron chi connectivity index (χ1n) is 7.09. The topological polar surface area (TPSA) is 119 Å². The Balaban J connectivity index is 2.33. The highest BCUT2D eigenvalue weighted by atomic mass is 16.5. The molecule has 1 aliphatic heterocycles. The van der Waals surface area contributed by atoms with Crippen LogP contribution < -0.4 is 20.6 Å². The first kappa shape index (κ1) is 15.6. The molecular weight excluding hydrogens is 312 g/mol. The Kier molecular flexibility index (Phi) is 3.98. The molecule has 1 aliphatic rings. The van der Waals surface area contributed by atoms with E-state index in [1.165, 1.54) is 7.11 Å². The van der Waals surface area contributed by atoms with E-state index >= 15 is 0 Å². The fraction of sp³-hybridized carbons (Fsp3) is 0.176. The monoisotopic (exact) mass is 326 g/mol. The number of fused-ring (bicyclic) bond motifs is 1. The molecule has 0 spiro atoms. The van der Waals surface area contributed by atoms with E-state index in [1.807, 2.05) is 6.07 Å². The van der Waals surface area contributed by atoms with E-state index in [0.29, 0.717) is 11.3 Å². The molecule has 1 aromatic heterocycles. The second-order valence-electron chi connectivity index (χ2n) is 5.10. The predicted octanol–water partition coefficient (Wildman–Crippen LogP) is 1.36. The third-order valence-electron chi connectivity index (χ3n) is 3.74. The molecule has 7 heteroatoms. The molecule has 24 heavy (non-hydrogen) atoms. The normalized spacial score (nSPS) is 16.1. The molecule has 122 valence electrons. The number of aliphatic hydroxyl groups is 1. The highest BCUT2D eigenvalue weighted by Crippen LogP contribution is 2.43. The molecule has 1 aromatic carbocycles. The van der Waals surface area contributed by atoms with Gasteiger partial charge < -0.3 is 24.7 Å². The predicted molar refractivity (Wildman–Crippen MR) is 83.2 cm³/mol. The van der Waals surface area contributed by atoms with Crippen molar-refractivity contribution in [1.29, 1.82) is 5.26 Å². The number of nitrogens with two attached hydrogens (primary N) is 1. The number of ether oxygens (including phenoxy) is 2. The largest absolute Gasteiger partial charge is 0.496 e. The molecule has 1 atom stereocenters. The van der Waals surface area contributed by atoms with E-state index in [-0.39, 0.29) is 28.7 Å². The van der Waals surface area contributed by atoms with Gasteiger partial charge in [0, 0.05) is 11.6 Å². The number of hydrogen-bond acceptors (Lipinski definition) is 7. The third-order valence-corrected chi connectivity index (χ3v) is 3.74. The Morgan fingerprint density at radius 1 is 1.42 bits per heavy atom. The number of nitrogens with zero attached hydrogens (tertiary/aromatic N) is 1. The summed E-state index contributed by atoms with van der Waals surface area (Å²) in [6.45, 7) is -0.456. The number of para-hydroxylation sites is 1. The van der Waals surface area contributed by atoms with Crippen molar-refractivity contribution in [2.75, 3.05) is 7.11 Å². The van der Waals surface area contributed by atoms with Crippen molar-refractivity contribution in [1.82, 2.24) is 0 Å². The van der Waals surface area contributed by atoms with Crippen LogP contribution in [0.2, 0.25) is 0 Å². The minimum Gasteiger partial charge on any atom is -0.496 e. The van der Waals surface area contributed by atoms with Gasteiger partial charge >= 0.3 is 0 Å². The summed E-state index contributed by atoms with van der Waals surface area (Å²) in [5.41, 5.74) is 6.04. The number of allylic oxidation sites excluding steroid dienone is 1. The van der Waals surface area contributed by atoms with Crippen molar-refractivity contribution < 1.29 is 19.0 Å². The number of hydrogen-bond donors (Lipinski definition) is 2. The van der Waals surface area contributed by atoms with Crippen molar-refractivity contribution in [2.45, 2.75) is 12.5 Å². The van der Waals surface area contributed by atoms with Gasteiger partial charge in [-0.25, -0.2) is 0 Å². The van der Waals surface area contributed by atoms with Crippen LogP contribution in [0, 0.1) is 11.3 Å². The maximum Gasteiger partial charge on any atom is 0.228 e. The Bertz CT molecular complexity index is 923. The van der Waals surface area contributed by atoms with Gasteiger partial charge in [-0.05, 0) is 6.07 Å². The number of nitriles is 1. The van der Waals surface area contributed by atoms with Gasteiger partial charge in [-0.15, -0.1) is 0 Å². The fourth-order valence-corrected chi connectivity index (χ4v) is 2.68. The Morgan fingerprint density at radius 3 is 2.83 bits per heavy atom. The minimum absolute atomic E-state index is 0.0695. The van der Waals surface area contributed by atoms with E-state index in [0.717, 1.165) is 6.07 Å². The molecule has 7 nitrogen and oxygen atoms in total. The van der Waals surface area contributed by atoms with Crippen LogP contribution in [-0.4, -0.2) is 12.2 Å². The van der Waals surface area contributed by atoms with E-state index in [2.05, 4.69) is 0 Å². The Labute approximate surface area is 137 Å². The van der Waals surface area contributed by atoms with Crippen LogP contribution in [0.15, 0.2) is 51.0 Å². The average Bonchev–Trinajstić information content (AvgIpc) is 2.61. The summed E-state index contributed by atoms with van der Waals surface area (Å²) >= 11 is 0. The lowest BCUT2D eigenvalue weighted by Crippen LogP contribution is -2.25.